The molecule has 0 amide bonds. The van der Waals surface area contributed by atoms with Crippen molar-refractivity contribution in [2.24, 2.45) is 5.84 Å². The second-order valence-electron chi connectivity index (χ2n) is 2.91. The molecule has 0 aliphatic heterocycles. The summed E-state index contributed by atoms with van der Waals surface area (Å²) in [6, 6.07) is 3.41. The molecule has 1 unspecified atom stereocenters. The summed E-state index contributed by atoms with van der Waals surface area (Å²) in [5.41, 5.74) is 3.56. The van der Waals surface area contributed by atoms with E-state index in [1.807, 2.05) is 12.1 Å². The van der Waals surface area contributed by atoms with Crippen LogP contribution in [-0.2, 0) is 0 Å². The zero-order valence-corrected chi connectivity index (χ0v) is 9.31. The summed E-state index contributed by atoms with van der Waals surface area (Å²) in [6.07, 6.45) is 4.84. The molecule has 0 fully saturated rings. The fourth-order valence-electron chi connectivity index (χ4n) is 1.31. The van der Waals surface area contributed by atoms with Crippen molar-refractivity contribution in [3.63, 3.8) is 0 Å². The molecule has 5 nitrogen and oxygen atoms in total. The van der Waals surface area contributed by atoms with Crippen LogP contribution in [0.15, 0.2) is 39.7 Å². The molecule has 0 radical (unpaired) electrons. The molecule has 0 saturated heterocycles. The van der Waals surface area contributed by atoms with Crippen LogP contribution in [0.25, 0.3) is 0 Å². The van der Waals surface area contributed by atoms with Crippen molar-refractivity contribution in [3.05, 3.63) is 46.6 Å². The third-order valence-corrected chi connectivity index (χ3v) is 2.67. The highest BCUT2D eigenvalue weighted by Gasteiger charge is 2.18. The average Bonchev–Trinajstić information content (AvgIpc) is 2.68. The van der Waals surface area contributed by atoms with Crippen LogP contribution in [-0.4, -0.2) is 10.2 Å². The summed E-state index contributed by atoms with van der Waals surface area (Å²) in [4.78, 5) is 0. The van der Waals surface area contributed by atoms with Crippen molar-refractivity contribution in [1.29, 1.82) is 0 Å². The molecule has 3 N–H and O–H groups in total. The van der Waals surface area contributed by atoms with Crippen LogP contribution < -0.4 is 11.3 Å². The zero-order chi connectivity index (χ0) is 10.7. The number of furan rings is 1. The van der Waals surface area contributed by atoms with E-state index < -0.39 is 0 Å². The van der Waals surface area contributed by atoms with E-state index in [0.717, 1.165) is 10.0 Å². The largest absolute Gasteiger partial charge is 0.466 e. The van der Waals surface area contributed by atoms with Gasteiger partial charge in [0.25, 0.3) is 0 Å². The minimum absolute atomic E-state index is 0.232. The molecule has 78 valence electrons. The maximum absolute atomic E-state index is 5.49. The van der Waals surface area contributed by atoms with Gasteiger partial charge in [-0.05, 0) is 33.6 Å². The zero-order valence-electron chi connectivity index (χ0n) is 7.72. The lowest BCUT2D eigenvalue weighted by Crippen LogP contribution is -2.28. The van der Waals surface area contributed by atoms with E-state index in [-0.39, 0.29) is 6.04 Å². The van der Waals surface area contributed by atoms with Gasteiger partial charge in [-0.1, -0.05) is 0 Å². The number of rotatable bonds is 3. The number of nitrogens with two attached hydrogens (primary N) is 1. The minimum atomic E-state index is -0.232. The van der Waals surface area contributed by atoms with E-state index in [1.165, 1.54) is 0 Å². The maximum atomic E-state index is 5.49. The average molecular weight is 269 g/mol. The highest BCUT2D eigenvalue weighted by Crippen LogP contribution is 2.28. The van der Waals surface area contributed by atoms with Crippen molar-refractivity contribution < 1.29 is 4.42 Å². The fraction of sp³-hybridized carbons (Fsp3) is 0.111. The Bertz CT molecular complexity index is 431. The second-order valence-corrected chi connectivity index (χ2v) is 3.76. The van der Waals surface area contributed by atoms with E-state index in [9.17, 15) is 0 Å². The third kappa shape index (κ3) is 2.06. The van der Waals surface area contributed by atoms with Gasteiger partial charge in [-0.3, -0.25) is 5.84 Å². The van der Waals surface area contributed by atoms with Crippen LogP contribution >= 0.6 is 15.9 Å². The number of nitrogens with zero attached hydrogens (tertiary/aromatic N) is 2. The molecule has 6 heteroatoms. The van der Waals surface area contributed by atoms with Gasteiger partial charge in [0.2, 0.25) is 0 Å². The number of halogens is 1. The molecule has 0 saturated carbocycles. The Morgan fingerprint density at radius 1 is 1.40 bits per heavy atom. The van der Waals surface area contributed by atoms with E-state index in [0.29, 0.717) is 5.76 Å². The van der Waals surface area contributed by atoms with Gasteiger partial charge in [-0.25, -0.2) is 5.43 Å². The summed E-state index contributed by atoms with van der Waals surface area (Å²) < 4.78 is 6.20. The summed E-state index contributed by atoms with van der Waals surface area (Å²) in [5.74, 6) is 6.20. The van der Waals surface area contributed by atoms with Crippen LogP contribution in [0.2, 0.25) is 0 Å². The monoisotopic (exact) mass is 268 g/mol. The first-order chi connectivity index (χ1) is 7.33. The smallest absolute Gasteiger partial charge is 0.140 e. The van der Waals surface area contributed by atoms with Crippen molar-refractivity contribution in [2.75, 3.05) is 0 Å². The third-order valence-electron chi connectivity index (χ3n) is 2.01. The molecule has 0 aliphatic carbocycles. The summed E-state index contributed by atoms with van der Waals surface area (Å²) in [7, 11) is 0. The van der Waals surface area contributed by atoms with Crippen molar-refractivity contribution in [2.45, 2.75) is 6.04 Å². The number of nitrogens with one attached hydrogen (secondary N) is 1. The lowest BCUT2D eigenvalue weighted by Gasteiger charge is -2.13. The van der Waals surface area contributed by atoms with Gasteiger partial charge in [-0.15, -0.1) is 0 Å². The van der Waals surface area contributed by atoms with E-state index in [2.05, 4.69) is 31.6 Å². The number of hydrogen-bond acceptors (Lipinski definition) is 5. The summed E-state index contributed by atoms with van der Waals surface area (Å²) in [5, 5.41) is 7.50. The van der Waals surface area contributed by atoms with E-state index in [4.69, 9.17) is 10.3 Å². The Morgan fingerprint density at radius 3 is 2.80 bits per heavy atom. The molecule has 0 aromatic carbocycles. The molecule has 0 aliphatic rings. The molecular formula is C9H9BrN4O. The molecule has 0 spiro atoms. The highest BCUT2D eigenvalue weighted by molar-refractivity contribution is 9.10. The molecular weight excluding hydrogens is 260 g/mol. The number of hydrazine groups is 1. The van der Waals surface area contributed by atoms with Gasteiger partial charge in [-0.2, -0.15) is 10.2 Å². The van der Waals surface area contributed by atoms with Crippen molar-refractivity contribution in [1.82, 2.24) is 15.6 Å². The van der Waals surface area contributed by atoms with E-state index in [1.54, 1.807) is 18.7 Å². The summed E-state index contributed by atoms with van der Waals surface area (Å²) >= 11 is 3.38. The summed E-state index contributed by atoms with van der Waals surface area (Å²) in [6.45, 7) is 0. The molecule has 2 aromatic heterocycles. The van der Waals surface area contributed by atoms with Crippen molar-refractivity contribution >= 4 is 15.9 Å². The van der Waals surface area contributed by atoms with E-state index >= 15 is 0 Å². The second kappa shape index (κ2) is 4.52. The Kier molecular flexibility index (Phi) is 3.10. The standard InChI is InChI=1S/C9H9BrN4O/c10-7-2-4-15-9(7)8(14-11)6-1-3-12-13-5-6/h1-5,8,14H,11H2. The van der Waals surface area contributed by atoms with Crippen LogP contribution in [0, 0.1) is 0 Å². The van der Waals surface area contributed by atoms with Crippen LogP contribution in [0.4, 0.5) is 0 Å². The predicted octanol–water partition coefficient (Wildman–Crippen LogP) is 1.38. The lowest BCUT2D eigenvalue weighted by molar-refractivity contribution is 0.449. The first-order valence-electron chi connectivity index (χ1n) is 4.28. The van der Waals surface area contributed by atoms with Gasteiger partial charge < -0.3 is 4.42 Å². The highest BCUT2D eigenvalue weighted by atomic mass is 79.9. The fourth-order valence-corrected chi connectivity index (χ4v) is 1.74. The van der Waals surface area contributed by atoms with Gasteiger partial charge >= 0.3 is 0 Å². The number of hydrogen-bond donors (Lipinski definition) is 2. The van der Waals surface area contributed by atoms with Crippen molar-refractivity contribution in [3.8, 4) is 0 Å². The van der Waals surface area contributed by atoms with Gasteiger partial charge in [0.1, 0.15) is 11.8 Å². The first-order valence-corrected chi connectivity index (χ1v) is 5.08. The topological polar surface area (TPSA) is 77.0 Å². The minimum Gasteiger partial charge on any atom is -0.466 e. The molecule has 1 atom stereocenters. The Hall–Kier alpha value is -1.24. The van der Waals surface area contributed by atoms with Gasteiger partial charge in [0, 0.05) is 6.20 Å². The van der Waals surface area contributed by atoms with Crippen LogP contribution in [0.1, 0.15) is 17.4 Å². The normalized spacial score (nSPS) is 12.7. The molecule has 15 heavy (non-hydrogen) atoms. The molecule has 2 rings (SSSR count). The quantitative estimate of drug-likeness (QED) is 0.650. The Morgan fingerprint density at radius 2 is 2.27 bits per heavy atom. The lowest BCUT2D eigenvalue weighted by atomic mass is 10.1. The Balaban J connectivity index is 2.37. The Labute approximate surface area is 94.8 Å². The maximum Gasteiger partial charge on any atom is 0.140 e. The first kappa shape index (κ1) is 10.3. The number of aromatic nitrogens is 2. The van der Waals surface area contributed by atoms with Crippen LogP contribution in [0.3, 0.4) is 0 Å². The predicted molar refractivity (Wildman–Crippen MR) is 57.6 cm³/mol. The SMILES string of the molecule is NNC(c1ccnnc1)c1occc1Br. The molecule has 2 aromatic rings. The van der Waals surface area contributed by atoms with Gasteiger partial charge in [0.05, 0.1) is 16.9 Å². The van der Waals surface area contributed by atoms with Crippen LogP contribution in [0.5, 0.6) is 0 Å². The molecule has 0 bridgehead atoms. The molecule has 2 heterocycles. The van der Waals surface area contributed by atoms with Gasteiger partial charge in [0.15, 0.2) is 0 Å².